The Morgan fingerprint density at radius 2 is 2.00 bits per heavy atom. The Bertz CT molecular complexity index is 481. The van der Waals surface area contributed by atoms with Gasteiger partial charge in [-0.05, 0) is 57.0 Å². The van der Waals surface area contributed by atoms with E-state index in [1.165, 1.54) is 4.88 Å². The lowest BCUT2D eigenvalue weighted by Crippen LogP contribution is -2.04. The summed E-state index contributed by atoms with van der Waals surface area (Å²) >= 11 is 8.77. The highest BCUT2D eigenvalue weighted by molar-refractivity contribution is 9.10. The van der Waals surface area contributed by atoms with E-state index >= 15 is 0 Å². The van der Waals surface area contributed by atoms with Crippen molar-refractivity contribution in [3.8, 4) is 0 Å². The summed E-state index contributed by atoms with van der Waals surface area (Å²) in [5.41, 5.74) is 1.12. The highest BCUT2D eigenvalue weighted by atomic mass is 79.9. The normalized spacial score (nSPS) is 12.4. The van der Waals surface area contributed by atoms with E-state index in [1.54, 1.807) is 11.3 Å². The summed E-state index contributed by atoms with van der Waals surface area (Å²) in [7, 11) is 0. The molecule has 1 nitrogen and oxygen atoms in total. The first-order chi connectivity index (χ1) is 7.66. The van der Waals surface area contributed by atoms with Crippen molar-refractivity contribution in [2.45, 2.75) is 13.0 Å². The van der Waals surface area contributed by atoms with Crippen LogP contribution >= 0.6 is 43.2 Å². The standard InChI is InChI=1S/C12H11Br2NS/c1-8(12-6-9(13)7-16-12)15-11-5-3-2-4-10(11)14/h2-8,15H,1H3. The van der Waals surface area contributed by atoms with E-state index in [0.29, 0.717) is 6.04 Å². The van der Waals surface area contributed by atoms with Gasteiger partial charge in [-0.3, -0.25) is 0 Å². The highest BCUT2D eigenvalue weighted by Gasteiger charge is 2.08. The van der Waals surface area contributed by atoms with Crippen LogP contribution in [0.15, 0.2) is 44.7 Å². The number of thiophene rings is 1. The Labute approximate surface area is 116 Å². The molecule has 0 bridgehead atoms. The van der Waals surface area contributed by atoms with Gasteiger partial charge in [0.1, 0.15) is 0 Å². The molecular weight excluding hydrogens is 350 g/mol. The molecule has 4 heteroatoms. The Morgan fingerprint density at radius 3 is 2.62 bits per heavy atom. The van der Waals surface area contributed by atoms with Crippen LogP contribution in [0.2, 0.25) is 0 Å². The molecule has 0 aliphatic rings. The molecule has 0 spiro atoms. The van der Waals surface area contributed by atoms with Crippen LogP contribution in [0.5, 0.6) is 0 Å². The lowest BCUT2D eigenvalue weighted by atomic mass is 10.2. The third kappa shape index (κ3) is 2.87. The van der Waals surface area contributed by atoms with Crippen molar-refractivity contribution in [2.24, 2.45) is 0 Å². The van der Waals surface area contributed by atoms with Crippen molar-refractivity contribution in [1.82, 2.24) is 0 Å². The van der Waals surface area contributed by atoms with Gasteiger partial charge in [0.2, 0.25) is 0 Å². The predicted molar refractivity (Wildman–Crippen MR) is 78.2 cm³/mol. The maximum Gasteiger partial charge on any atom is 0.0579 e. The topological polar surface area (TPSA) is 12.0 Å². The Hall–Kier alpha value is -0.320. The molecule has 1 atom stereocenters. The quantitative estimate of drug-likeness (QED) is 0.767. The molecule has 2 aromatic rings. The molecular formula is C12H11Br2NS. The second-order valence-electron chi connectivity index (χ2n) is 3.51. The van der Waals surface area contributed by atoms with Crippen LogP contribution in [0.1, 0.15) is 17.8 Å². The van der Waals surface area contributed by atoms with E-state index in [2.05, 4.69) is 61.6 Å². The van der Waals surface area contributed by atoms with Crippen LogP contribution in [-0.2, 0) is 0 Å². The van der Waals surface area contributed by atoms with Gasteiger partial charge < -0.3 is 5.32 Å². The largest absolute Gasteiger partial charge is 0.377 e. The number of halogens is 2. The highest BCUT2D eigenvalue weighted by Crippen LogP contribution is 2.30. The van der Waals surface area contributed by atoms with Gasteiger partial charge in [-0.1, -0.05) is 12.1 Å². The van der Waals surface area contributed by atoms with Crippen LogP contribution in [0.25, 0.3) is 0 Å². The molecule has 0 saturated heterocycles. The minimum Gasteiger partial charge on any atom is -0.377 e. The van der Waals surface area contributed by atoms with E-state index in [4.69, 9.17) is 0 Å². The molecule has 16 heavy (non-hydrogen) atoms. The number of para-hydroxylation sites is 1. The summed E-state index contributed by atoms with van der Waals surface area (Å²) in [6.07, 6.45) is 0. The zero-order chi connectivity index (χ0) is 11.5. The fraction of sp³-hybridized carbons (Fsp3) is 0.167. The first-order valence-corrected chi connectivity index (χ1v) is 7.38. The first kappa shape index (κ1) is 12.1. The van der Waals surface area contributed by atoms with Gasteiger partial charge in [0.05, 0.1) is 6.04 Å². The number of benzene rings is 1. The monoisotopic (exact) mass is 359 g/mol. The van der Waals surface area contributed by atoms with Crippen molar-refractivity contribution in [3.05, 3.63) is 49.5 Å². The molecule has 84 valence electrons. The van der Waals surface area contributed by atoms with Crippen molar-refractivity contribution in [2.75, 3.05) is 5.32 Å². The third-order valence-corrected chi connectivity index (χ3v) is 4.83. The maximum absolute atomic E-state index is 3.53. The van der Waals surface area contributed by atoms with Crippen LogP contribution in [0.4, 0.5) is 5.69 Å². The van der Waals surface area contributed by atoms with Gasteiger partial charge in [-0.2, -0.15) is 0 Å². The fourth-order valence-electron chi connectivity index (χ4n) is 1.44. The molecule has 1 aromatic carbocycles. The number of hydrogen-bond acceptors (Lipinski definition) is 2. The second kappa shape index (κ2) is 5.34. The third-order valence-electron chi connectivity index (χ3n) is 2.26. The van der Waals surface area contributed by atoms with E-state index in [1.807, 2.05) is 18.2 Å². The molecule has 1 heterocycles. The predicted octanol–water partition coefficient (Wildman–Crippen LogP) is 5.45. The average Bonchev–Trinajstić information content (AvgIpc) is 2.68. The Kier molecular flexibility index (Phi) is 4.05. The molecule has 1 N–H and O–H groups in total. The second-order valence-corrected chi connectivity index (χ2v) is 6.23. The van der Waals surface area contributed by atoms with Crippen molar-refractivity contribution in [1.29, 1.82) is 0 Å². The molecule has 2 rings (SSSR count). The minimum atomic E-state index is 0.315. The minimum absolute atomic E-state index is 0.315. The zero-order valence-electron chi connectivity index (χ0n) is 8.71. The van der Waals surface area contributed by atoms with Gasteiger partial charge in [-0.15, -0.1) is 11.3 Å². The Balaban J connectivity index is 2.13. The van der Waals surface area contributed by atoms with Gasteiger partial charge in [0.25, 0.3) is 0 Å². The molecule has 1 unspecified atom stereocenters. The van der Waals surface area contributed by atoms with Crippen LogP contribution in [0.3, 0.4) is 0 Å². The molecule has 1 aromatic heterocycles. The molecule has 0 aliphatic carbocycles. The van der Waals surface area contributed by atoms with E-state index < -0.39 is 0 Å². The fourth-order valence-corrected chi connectivity index (χ4v) is 3.29. The van der Waals surface area contributed by atoms with Crippen LogP contribution in [-0.4, -0.2) is 0 Å². The molecule has 0 amide bonds. The maximum atomic E-state index is 3.53. The van der Waals surface area contributed by atoms with Crippen molar-refractivity contribution >= 4 is 48.9 Å². The van der Waals surface area contributed by atoms with Gasteiger partial charge >= 0.3 is 0 Å². The number of anilines is 1. The zero-order valence-corrected chi connectivity index (χ0v) is 12.7. The average molecular weight is 361 g/mol. The molecule has 0 saturated carbocycles. The van der Waals surface area contributed by atoms with E-state index in [0.717, 1.165) is 14.6 Å². The van der Waals surface area contributed by atoms with Gasteiger partial charge in [0, 0.05) is 24.9 Å². The lowest BCUT2D eigenvalue weighted by Gasteiger charge is -2.14. The summed E-state index contributed by atoms with van der Waals surface area (Å²) in [5, 5.41) is 5.59. The molecule has 0 radical (unpaired) electrons. The SMILES string of the molecule is CC(Nc1ccccc1Br)c1cc(Br)cs1. The van der Waals surface area contributed by atoms with E-state index in [-0.39, 0.29) is 0 Å². The summed E-state index contributed by atoms with van der Waals surface area (Å²) < 4.78 is 2.24. The van der Waals surface area contributed by atoms with E-state index in [9.17, 15) is 0 Å². The summed E-state index contributed by atoms with van der Waals surface area (Å²) in [6, 6.07) is 10.6. The number of nitrogens with one attached hydrogen (secondary N) is 1. The number of rotatable bonds is 3. The van der Waals surface area contributed by atoms with Crippen molar-refractivity contribution in [3.63, 3.8) is 0 Å². The lowest BCUT2D eigenvalue weighted by molar-refractivity contribution is 0.906. The van der Waals surface area contributed by atoms with Crippen molar-refractivity contribution < 1.29 is 0 Å². The number of hydrogen-bond donors (Lipinski definition) is 1. The summed E-state index contributed by atoms with van der Waals surface area (Å²) in [5.74, 6) is 0. The Morgan fingerprint density at radius 1 is 1.25 bits per heavy atom. The van der Waals surface area contributed by atoms with Gasteiger partial charge in [-0.25, -0.2) is 0 Å². The molecule has 0 aliphatic heterocycles. The van der Waals surface area contributed by atoms with Crippen LogP contribution < -0.4 is 5.32 Å². The first-order valence-electron chi connectivity index (χ1n) is 4.92. The van der Waals surface area contributed by atoms with Crippen LogP contribution in [0, 0.1) is 0 Å². The summed E-state index contributed by atoms with van der Waals surface area (Å²) in [4.78, 5) is 1.32. The smallest absolute Gasteiger partial charge is 0.0579 e. The van der Waals surface area contributed by atoms with Gasteiger partial charge in [0.15, 0.2) is 0 Å². The molecule has 0 fully saturated rings. The summed E-state index contributed by atoms with van der Waals surface area (Å²) in [6.45, 7) is 2.16.